The van der Waals surface area contributed by atoms with Gasteiger partial charge in [-0.05, 0) is 46.6 Å². The van der Waals surface area contributed by atoms with Crippen molar-refractivity contribution < 1.29 is 20.3 Å². The average Bonchev–Trinajstić information content (AvgIpc) is 2.96. The van der Waals surface area contributed by atoms with Gasteiger partial charge in [0.2, 0.25) is 0 Å². The van der Waals surface area contributed by atoms with Gasteiger partial charge in [0.1, 0.15) is 1.37 Å². The molecule has 5 nitrogen and oxygen atoms in total. The van der Waals surface area contributed by atoms with Crippen LogP contribution in [-0.4, -0.2) is 32.9 Å². The largest absolute Gasteiger partial charge is 0.516 e. The summed E-state index contributed by atoms with van der Waals surface area (Å²) in [4.78, 5) is 7.64. The SMILES string of the molecule is [2H]c1nc(C([2H])([2H])[2H])c(-n2c([2H])nc(B3OC(C)(C)C(C)(C)O3)c2[2H])c([2H])c1[2H]. The van der Waals surface area contributed by atoms with Crippen LogP contribution in [-0.2, 0) is 9.31 Å². The smallest absolute Gasteiger partial charge is 0.398 e. The highest BCUT2D eigenvalue weighted by atomic mass is 16.7. The number of nitrogens with zero attached hydrogens (tertiary/aromatic N) is 3. The van der Waals surface area contributed by atoms with Crippen molar-refractivity contribution in [3.8, 4) is 5.69 Å². The molecule has 2 aromatic heterocycles. The number of hydrogen-bond acceptors (Lipinski definition) is 4. The molecule has 1 saturated heterocycles. The van der Waals surface area contributed by atoms with Crippen LogP contribution in [0.2, 0.25) is 0 Å². The summed E-state index contributed by atoms with van der Waals surface area (Å²) in [7, 11) is -1.07. The van der Waals surface area contributed by atoms with Gasteiger partial charge in [0.25, 0.3) is 0 Å². The molecule has 0 radical (unpaired) electrons. The van der Waals surface area contributed by atoms with Crippen molar-refractivity contribution in [1.82, 2.24) is 14.5 Å². The summed E-state index contributed by atoms with van der Waals surface area (Å²) in [5.74, 6) is 0. The van der Waals surface area contributed by atoms with Crippen molar-refractivity contribution in [3.05, 3.63) is 36.4 Å². The summed E-state index contributed by atoms with van der Waals surface area (Å²) in [5, 5.41) is 0. The van der Waals surface area contributed by atoms with E-state index in [-0.39, 0.29) is 5.59 Å². The van der Waals surface area contributed by atoms with Gasteiger partial charge in [-0.25, -0.2) is 4.98 Å². The van der Waals surface area contributed by atoms with E-state index in [1.807, 2.05) is 27.7 Å². The maximum atomic E-state index is 8.47. The lowest BCUT2D eigenvalue weighted by molar-refractivity contribution is 0.00578. The second-order valence-electron chi connectivity index (χ2n) is 5.80. The van der Waals surface area contributed by atoms with Gasteiger partial charge in [-0.2, -0.15) is 0 Å². The van der Waals surface area contributed by atoms with E-state index in [4.69, 9.17) is 20.3 Å². The minimum absolute atomic E-state index is 0.0500. The molecule has 1 aliphatic heterocycles. The second-order valence-corrected chi connectivity index (χ2v) is 5.80. The molecule has 3 heterocycles. The maximum absolute atomic E-state index is 8.47. The molecule has 0 aliphatic carbocycles. The van der Waals surface area contributed by atoms with Crippen molar-refractivity contribution in [1.29, 1.82) is 0 Å². The fourth-order valence-electron chi connectivity index (χ4n) is 1.88. The van der Waals surface area contributed by atoms with Crippen LogP contribution in [0.4, 0.5) is 0 Å². The van der Waals surface area contributed by atoms with E-state index < -0.39 is 67.3 Å². The molecule has 1 fully saturated rings. The van der Waals surface area contributed by atoms with Crippen LogP contribution in [0.1, 0.15) is 44.4 Å². The van der Waals surface area contributed by atoms with Crippen molar-refractivity contribution in [2.45, 2.75) is 45.7 Å². The summed E-state index contributed by atoms with van der Waals surface area (Å²) in [6, 6.07) is -1.24. The van der Waals surface area contributed by atoms with Gasteiger partial charge < -0.3 is 13.9 Å². The summed E-state index contributed by atoms with van der Waals surface area (Å²) in [5.41, 5.74) is -2.59. The number of aromatic nitrogens is 3. The van der Waals surface area contributed by atoms with Crippen LogP contribution in [0.15, 0.2) is 30.7 Å². The zero-order valence-electron chi connectivity index (χ0n) is 20.2. The number of hydrogen-bond donors (Lipinski definition) is 0. The zero-order valence-corrected chi connectivity index (χ0v) is 12.2. The maximum Gasteiger partial charge on any atom is 0.516 e. The minimum Gasteiger partial charge on any atom is -0.398 e. The summed E-state index contributed by atoms with van der Waals surface area (Å²) in [6.07, 6.45) is -1.61. The van der Waals surface area contributed by atoms with E-state index in [0.717, 1.165) is 4.57 Å². The fraction of sp³-hybridized carbons (Fsp3) is 0.467. The Morgan fingerprint density at radius 1 is 1.24 bits per heavy atom. The highest BCUT2D eigenvalue weighted by Gasteiger charge is 2.52. The summed E-state index contributed by atoms with van der Waals surface area (Å²) >= 11 is 0. The Bertz CT molecular complexity index is 973. The van der Waals surface area contributed by atoms with Gasteiger partial charge >= 0.3 is 7.12 Å². The van der Waals surface area contributed by atoms with Crippen LogP contribution in [0, 0.1) is 6.85 Å². The van der Waals surface area contributed by atoms with Crippen LogP contribution < -0.4 is 5.59 Å². The number of rotatable bonds is 2. The van der Waals surface area contributed by atoms with E-state index in [9.17, 15) is 0 Å². The lowest BCUT2D eigenvalue weighted by Gasteiger charge is -2.32. The zero-order chi connectivity index (χ0) is 22.1. The van der Waals surface area contributed by atoms with E-state index in [1.54, 1.807) is 0 Å². The standard InChI is InChI=1S/C15H20BN3O2/c1-11-12(7-6-8-17-11)19-9-13(18-10-19)16-20-14(2,3)15(4,5)21-16/h6-10H,1-5H3/i1D3,6D,7D,8D,9D,10D. The first kappa shape index (κ1) is 7.56. The molecule has 0 amide bonds. The lowest BCUT2D eigenvalue weighted by atomic mass is 9.86. The molecule has 110 valence electrons. The number of aryl methyl sites for hydroxylation is 1. The summed E-state index contributed by atoms with van der Waals surface area (Å²) < 4.78 is 75.9. The number of imidazole rings is 1. The third kappa shape index (κ3) is 2.38. The Kier molecular flexibility index (Phi) is 1.68. The van der Waals surface area contributed by atoms with Crippen molar-refractivity contribution in [2.75, 3.05) is 0 Å². The van der Waals surface area contributed by atoms with Gasteiger partial charge in [0.15, 0.2) is 0 Å². The minimum atomic E-state index is -2.83. The molecule has 1 aliphatic rings. The first-order chi connectivity index (χ1) is 13.1. The van der Waals surface area contributed by atoms with Crippen LogP contribution in [0.3, 0.4) is 0 Å². The Morgan fingerprint density at radius 2 is 1.95 bits per heavy atom. The van der Waals surface area contributed by atoms with E-state index in [2.05, 4.69) is 9.97 Å². The third-order valence-electron chi connectivity index (χ3n) is 3.83. The quantitative estimate of drug-likeness (QED) is 0.793. The molecule has 6 heteroatoms. The Morgan fingerprint density at radius 3 is 2.62 bits per heavy atom. The molecule has 0 atom stereocenters. The van der Waals surface area contributed by atoms with Gasteiger partial charge in [-0.15, -0.1) is 0 Å². The van der Waals surface area contributed by atoms with Crippen LogP contribution in [0.5, 0.6) is 0 Å². The predicted molar refractivity (Wildman–Crippen MR) is 81.8 cm³/mol. The lowest BCUT2D eigenvalue weighted by Crippen LogP contribution is -2.41. The van der Waals surface area contributed by atoms with Crippen molar-refractivity contribution >= 4 is 12.7 Å². The highest BCUT2D eigenvalue weighted by Crippen LogP contribution is 2.36. The average molecular weight is 293 g/mol. The van der Waals surface area contributed by atoms with E-state index in [1.165, 1.54) is 0 Å². The molecule has 0 aromatic carbocycles. The molecule has 21 heavy (non-hydrogen) atoms. The molecule has 0 N–H and O–H groups in total. The number of pyridine rings is 1. The second kappa shape index (κ2) is 4.68. The van der Waals surface area contributed by atoms with Gasteiger partial charge in [-0.1, -0.05) is 0 Å². The Hall–Kier alpha value is -1.66. The third-order valence-corrected chi connectivity index (χ3v) is 3.83. The Balaban J connectivity index is 2.23. The Labute approximate surface area is 136 Å². The molecule has 0 bridgehead atoms. The molecule has 3 rings (SSSR count). The topological polar surface area (TPSA) is 49.2 Å². The van der Waals surface area contributed by atoms with Crippen LogP contribution >= 0.6 is 0 Å². The van der Waals surface area contributed by atoms with Gasteiger partial charge in [0, 0.05) is 16.5 Å². The summed E-state index contributed by atoms with van der Waals surface area (Å²) in [6.45, 7) is 4.42. The molecular weight excluding hydrogens is 265 g/mol. The molecule has 0 saturated carbocycles. The highest BCUT2D eigenvalue weighted by molar-refractivity contribution is 6.61. The van der Waals surface area contributed by atoms with E-state index in [0.29, 0.717) is 0 Å². The first-order valence-electron chi connectivity index (χ1n) is 10.5. The van der Waals surface area contributed by atoms with Crippen molar-refractivity contribution in [2.24, 2.45) is 0 Å². The van der Waals surface area contributed by atoms with Gasteiger partial charge in [0.05, 0.1) is 40.0 Å². The normalized spacial score (nSPS) is 26.0. The molecule has 2 aromatic rings. The van der Waals surface area contributed by atoms with E-state index >= 15 is 0 Å². The monoisotopic (exact) mass is 293 g/mol. The molecule has 0 unspecified atom stereocenters. The fourth-order valence-corrected chi connectivity index (χ4v) is 1.88. The molecular formula is C15H20BN3O2. The first-order valence-corrected chi connectivity index (χ1v) is 6.48. The molecule has 0 spiro atoms. The predicted octanol–water partition coefficient (Wildman–Crippen LogP) is 1.87. The van der Waals surface area contributed by atoms with Crippen LogP contribution in [0.25, 0.3) is 5.69 Å². The van der Waals surface area contributed by atoms with Gasteiger partial charge in [-0.3, -0.25) is 4.98 Å². The van der Waals surface area contributed by atoms with Crippen molar-refractivity contribution in [3.63, 3.8) is 0 Å².